The zero-order valence-electron chi connectivity index (χ0n) is 11.1. The molecule has 4 heteroatoms. The van der Waals surface area contributed by atoms with Gasteiger partial charge in [0.1, 0.15) is 0 Å². The number of rotatable bonds is 6. The van der Waals surface area contributed by atoms with Crippen molar-refractivity contribution in [3.05, 3.63) is 0 Å². The fourth-order valence-electron chi connectivity index (χ4n) is 2.32. The van der Waals surface area contributed by atoms with E-state index < -0.39 is 0 Å². The second-order valence-corrected chi connectivity index (χ2v) is 5.39. The van der Waals surface area contributed by atoms with Gasteiger partial charge in [-0.25, -0.2) is 0 Å². The highest BCUT2D eigenvalue weighted by Gasteiger charge is 2.19. The molecule has 1 aliphatic rings. The van der Waals surface area contributed by atoms with Gasteiger partial charge >= 0.3 is 0 Å². The normalized spacial score (nSPS) is 19.3. The van der Waals surface area contributed by atoms with Crippen LogP contribution in [0.4, 0.5) is 0 Å². The third-order valence-corrected chi connectivity index (χ3v) is 3.20. The van der Waals surface area contributed by atoms with Gasteiger partial charge in [0.15, 0.2) is 0 Å². The average molecular weight is 242 g/mol. The monoisotopic (exact) mass is 242 g/mol. The first kappa shape index (κ1) is 14.5. The number of hydrogen-bond acceptors (Lipinski definition) is 3. The minimum Gasteiger partial charge on any atom is -0.381 e. The summed E-state index contributed by atoms with van der Waals surface area (Å²) in [6.07, 6.45) is 3.45. The summed E-state index contributed by atoms with van der Waals surface area (Å²) in [7, 11) is 0. The molecule has 1 rings (SSSR count). The molecule has 3 N–H and O–H groups in total. The molecular weight excluding hydrogens is 216 g/mol. The number of nitrogens with one attached hydrogen (secondary N) is 1. The Balaban J connectivity index is 2.26. The molecule has 17 heavy (non-hydrogen) atoms. The Morgan fingerprint density at radius 2 is 2.06 bits per heavy atom. The third kappa shape index (κ3) is 6.03. The van der Waals surface area contributed by atoms with Crippen molar-refractivity contribution in [2.45, 2.75) is 45.6 Å². The molecule has 0 aromatic rings. The summed E-state index contributed by atoms with van der Waals surface area (Å²) in [5, 5.41) is 3.08. The molecule has 0 aromatic carbocycles. The molecule has 0 unspecified atom stereocenters. The fourth-order valence-corrected chi connectivity index (χ4v) is 2.32. The zero-order valence-corrected chi connectivity index (χ0v) is 11.1. The SMILES string of the molecule is CC(C)C[C@H](CN)CC(=O)NC1CCOCC1. The second kappa shape index (κ2) is 7.67. The Bertz CT molecular complexity index is 225. The van der Waals surface area contributed by atoms with Crippen LogP contribution in [0, 0.1) is 11.8 Å². The van der Waals surface area contributed by atoms with Crippen LogP contribution in [0.15, 0.2) is 0 Å². The summed E-state index contributed by atoms with van der Waals surface area (Å²) in [4.78, 5) is 11.9. The van der Waals surface area contributed by atoms with Crippen molar-refractivity contribution in [1.82, 2.24) is 5.32 Å². The first-order valence-electron chi connectivity index (χ1n) is 6.69. The lowest BCUT2D eigenvalue weighted by atomic mass is 9.94. The molecule has 4 nitrogen and oxygen atoms in total. The van der Waals surface area contributed by atoms with Crippen LogP contribution in [-0.2, 0) is 9.53 Å². The number of nitrogens with two attached hydrogens (primary N) is 1. The third-order valence-electron chi connectivity index (χ3n) is 3.20. The first-order chi connectivity index (χ1) is 8.11. The van der Waals surface area contributed by atoms with Crippen LogP contribution in [0.3, 0.4) is 0 Å². The summed E-state index contributed by atoms with van der Waals surface area (Å²) in [6, 6.07) is 0.300. The molecule has 1 atom stereocenters. The second-order valence-electron chi connectivity index (χ2n) is 5.39. The van der Waals surface area contributed by atoms with E-state index >= 15 is 0 Å². The standard InChI is InChI=1S/C13H26N2O2/c1-10(2)7-11(9-14)8-13(16)15-12-3-5-17-6-4-12/h10-12H,3-9,14H2,1-2H3,(H,15,16)/t11-/m0/s1. The molecule has 0 saturated carbocycles. The number of ether oxygens (including phenoxy) is 1. The van der Waals surface area contributed by atoms with Crippen molar-refractivity contribution in [1.29, 1.82) is 0 Å². The van der Waals surface area contributed by atoms with Crippen LogP contribution in [0.2, 0.25) is 0 Å². The van der Waals surface area contributed by atoms with Crippen LogP contribution >= 0.6 is 0 Å². The Labute approximate surface area is 104 Å². The van der Waals surface area contributed by atoms with Crippen molar-refractivity contribution >= 4 is 5.91 Å². The van der Waals surface area contributed by atoms with Gasteiger partial charge < -0.3 is 15.8 Å². The Hall–Kier alpha value is -0.610. The number of carbonyl (C=O) groups excluding carboxylic acids is 1. The highest BCUT2D eigenvalue weighted by Crippen LogP contribution is 2.15. The minimum absolute atomic E-state index is 0.146. The van der Waals surface area contributed by atoms with Gasteiger partial charge in [-0.3, -0.25) is 4.79 Å². The smallest absolute Gasteiger partial charge is 0.220 e. The summed E-state index contributed by atoms with van der Waals surface area (Å²) in [6.45, 7) is 6.45. The summed E-state index contributed by atoms with van der Waals surface area (Å²) >= 11 is 0. The van der Waals surface area contributed by atoms with Gasteiger partial charge in [0, 0.05) is 25.7 Å². The van der Waals surface area contributed by atoms with Crippen molar-refractivity contribution in [3.8, 4) is 0 Å². The van der Waals surface area contributed by atoms with Gasteiger partial charge in [0.2, 0.25) is 5.91 Å². The van der Waals surface area contributed by atoms with E-state index in [1.165, 1.54) is 0 Å². The van der Waals surface area contributed by atoms with E-state index in [1.807, 2.05) is 0 Å². The molecule has 1 saturated heterocycles. The molecule has 1 fully saturated rings. The molecule has 0 bridgehead atoms. The Kier molecular flexibility index (Phi) is 6.52. The van der Waals surface area contributed by atoms with Gasteiger partial charge in [0.05, 0.1) is 0 Å². The van der Waals surface area contributed by atoms with E-state index in [-0.39, 0.29) is 5.91 Å². The maximum absolute atomic E-state index is 11.9. The predicted octanol–water partition coefficient (Wildman–Crippen LogP) is 1.29. The van der Waals surface area contributed by atoms with Gasteiger partial charge in [-0.2, -0.15) is 0 Å². The van der Waals surface area contributed by atoms with E-state index in [0.717, 1.165) is 32.5 Å². The van der Waals surface area contributed by atoms with Crippen LogP contribution in [0.5, 0.6) is 0 Å². The molecule has 0 spiro atoms. The van der Waals surface area contributed by atoms with Crippen LogP contribution in [-0.4, -0.2) is 31.7 Å². The molecule has 0 radical (unpaired) electrons. The molecule has 100 valence electrons. The summed E-state index contributed by atoms with van der Waals surface area (Å²) in [5.41, 5.74) is 5.70. The van der Waals surface area contributed by atoms with Crippen LogP contribution < -0.4 is 11.1 Å². The molecule has 1 heterocycles. The van der Waals surface area contributed by atoms with Crippen molar-refractivity contribution < 1.29 is 9.53 Å². The number of hydrogen-bond donors (Lipinski definition) is 2. The van der Waals surface area contributed by atoms with E-state index in [9.17, 15) is 4.79 Å². The van der Waals surface area contributed by atoms with Crippen molar-refractivity contribution in [3.63, 3.8) is 0 Å². The largest absolute Gasteiger partial charge is 0.381 e. The average Bonchev–Trinajstić information content (AvgIpc) is 2.28. The predicted molar refractivity (Wildman–Crippen MR) is 68.6 cm³/mol. The lowest BCUT2D eigenvalue weighted by Gasteiger charge is -2.24. The van der Waals surface area contributed by atoms with E-state index in [1.54, 1.807) is 0 Å². The van der Waals surface area contributed by atoms with E-state index in [2.05, 4.69) is 19.2 Å². The van der Waals surface area contributed by atoms with Crippen molar-refractivity contribution in [2.24, 2.45) is 17.6 Å². The maximum Gasteiger partial charge on any atom is 0.220 e. The highest BCUT2D eigenvalue weighted by molar-refractivity contribution is 5.76. The molecular formula is C13H26N2O2. The quantitative estimate of drug-likeness (QED) is 0.737. The number of carbonyl (C=O) groups is 1. The fraction of sp³-hybridized carbons (Fsp3) is 0.923. The zero-order chi connectivity index (χ0) is 12.7. The lowest BCUT2D eigenvalue weighted by Crippen LogP contribution is -2.40. The first-order valence-corrected chi connectivity index (χ1v) is 6.69. The van der Waals surface area contributed by atoms with Crippen LogP contribution in [0.1, 0.15) is 39.5 Å². The maximum atomic E-state index is 11.9. The molecule has 0 aromatic heterocycles. The van der Waals surface area contributed by atoms with Gasteiger partial charge in [-0.05, 0) is 37.6 Å². The topological polar surface area (TPSA) is 64.4 Å². The molecule has 0 aliphatic carbocycles. The van der Waals surface area contributed by atoms with Crippen molar-refractivity contribution in [2.75, 3.05) is 19.8 Å². The lowest BCUT2D eigenvalue weighted by molar-refractivity contribution is -0.123. The summed E-state index contributed by atoms with van der Waals surface area (Å²) < 4.78 is 5.26. The summed E-state index contributed by atoms with van der Waals surface area (Å²) in [5.74, 6) is 1.06. The van der Waals surface area contributed by atoms with Gasteiger partial charge in [-0.1, -0.05) is 13.8 Å². The Morgan fingerprint density at radius 3 is 2.59 bits per heavy atom. The van der Waals surface area contributed by atoms with Gasteiger partial charge in [0.25, 0.3) is 0 Å². The molecule has 1 amide bonds. The van der Waals surface area contributed by atoms with Crippen LogP contribution in [0.25, 0.3) is 0 Å². The molecule has 1 aliphatic heterocycles. The van der Waals surface area contributed by atoms with Gasteiger partial charge in [-0.15, -0.1) is 0 Å². The highest BCUT2D eigenvalue weighted by atomic mass is 16.5. The number of amides is 1. The minimum atomic E-state index is 0.146. The van der Waals surface area contributed by atoms with E-state index in [0.29, 0.717) is 30.8 Å². The van der Waals surface area contributed by atoms with E-state index in [4.69, 9.17) is 10.5 Å². The Morgan fingerprint density at radius 1 is 1.41 bits per heavy atom.